The predicted molar refractivity (Wildman–Crippen MR) is 77.3 cm³/mol. The first-order valence-electron chi connectivity index (χ1n) is 7.95. The standard InChI is InChI=1S/C15H23N3O4/c1-10(21-9-8-20-2)15(19)18-7-3-4-12(18)13-16-14(22-17-13)11-5-6-11/h10-12H,3-9H2,1-2H3/t10-,12+/m0/s1. The average Bonchev–Trinajstić information content (AvgIpc) is 3.06. The highest BCUT2D eigenvalue weighted by molar-refractivity contribution is 5.81. The van der Waals surface area contributed by atoms with Crippen LogP contribution in [0.25, 0.3) is 0 Å². The van der Waals surface area contributed by atoms with Crippen LogP contribution in [0.1, 0.15) is 56.3 Å². The van der Waals surface area contributed by atoms with Crippen LogP contribution in [0.2, 0.25) is 0 Å². The number of hydrogen-bond donors (Lipinski definition) is 0. The second-order valence-electron chi connectivity index (χ2n) is 5.96. The van der Waals surface area contributed by atoms with E-state index in [4.69, 9.17) is 14.0 Å². The van der Waals surface area contributed by atoms with Gasteiger partial charge in [-0.2, -0.15) is 4.98 Å². The Morgan fingerprint density at radius 2 is 2.23 bits per heavy atom. The predicted octanol–water partition coefficient (Wildman–Crippen LogP) is 1.66. The first kappa shape index (κ1) is 15.4. The molecule has 2 atom stereocenters. The van der Waals surface area contributed by atoms with Gasteiger partial charge in [0, 0.05) is 19.6 Å². The van der Waals surface area contributed by atoms with Gasteiger partial charge in [0.05, 0.1) is 19.3 Å². The molecule has 0 bridgehead atoms. The molecule has 1 aliphatic carbocycles. The van der Waals surface area contributed by atoms with Gasteiger partial charge in [0.1, 0.15) is 6.10 Å². The van der Waals surface area contributed by atoms with Crippen LogP contribution < -0.4 is 0 Å². The van der Waals surface area contributed by atoms with E-state index in [1.807, 2.05) is 4.90 Å². The maximum Gasteiger partial charge on any atom is 0.252 e. The van der Waals surface area contributed by atoms with Crippen molar-refractivity contribution in [3.63, 3.8) is 0 Å². The lowest BCUT2D eigenvalue weighted by atomic mass is 10.2. The normalized spacial score (nSPS) is 23.0. The molecule has 0 aromatic carbocycles. The second kappa shape index (κ2) is 6.75. The zero-order chi connectivity index (χ0) is 15.5. The van der Waals surface area contributed by atoms with Gasteiger partial charge in [-0.15, -0.1) is 0 Å². The molecule has 0 N–H and O–H groups in total. The van der Waals surface area contributed by atoms with Crippen molar-refractivity contribution in [2.45, 2.75) is 50.7 Å². The molecule has 22 heavy (non-hydrogen) atoms. The van der Waals surface area contributed by atoms with Crippen molar-refractivity contribution in [1.82, 2.24) is 15.0 Å². The largest absolute Gasteiger partial charge is 0.382 e. The quantitative estimate of drug-likeness (QED) is 0.713. The maximum atomic E-state index is 12.6. The van der Waals surface area contributed by atoms with Crippen LogP contribution in [-0.2, 0) is 14.3 Å². The molecule has 1 saturated carbocycles. The highest BCUT2D eigenvalue weighted by atomic mass is 16.5. The average molecular weight is 309 g/mol. The number of carbonyl (C=O) groups excluding carboxylic acids is 1. The van der Waals surface area contributed by atoms with Gasteiger partial charge in [0.15, 0.2) is 5.82 Å². The van der Waals surface area contributed by atoms with E-state index in [9.17, 15) is 4.79 Å². The maximum absolute atomic E-state index is 12.6. The fourth-order valence-corrected chi connectivity index (χ4v) is 2.79. The molecular formula is C15H23N3O4. The Hall–Kier alpha value is -1.47. The van der Waals surface area contributed by atoms with Crippen LogP contribution in [0.15, 0.2) is 4.52 Å². The summed E-state index contributed by atoms with van der Waals surface area (Å²) in [6.45, 7) is 3.39. The minimum Gasteiger partial charge on any atom is -0.382 e. The molecule has 2 aliphatic rings. The van der Waals surface area contributed by atoms with E-state index in [0.717, 1.165) is 38.1 Å². The Kier molecular flexibility index (Phi) is 4.73. The Balaban J connectivity index is 1.62. The van der Waals surface area contributed by atoms with E-state index in [-0.39, 0.29) is 11.9 Å². The lowest BCUT2D eigenvalue weighted by Crippen LogP contribution is -2.39. The molecule has 2 fully saturated rings. The summed E-state index contributed by atoms with van der Waals surface area (Å²) >= 11 is 0. The van der Waals surface area contributed by atoms with Gasteiger partial charge < -0.3 is 18.9 Å². The topological polar surface area (TPSA) is 77.7 Å². The van der Waals surface area contributed by atoms with Crippen molar-refractivity contribution < 1.29 is 18.8 Å². The van der Waals surface area contributed by atoms with Crippen molar-refractivity contribution in [2.75, 3.05) is 26.9 Å². The van der Waals surface area contributed by atoms with Crippen molar-refractivity contribution >= 4 is 5.91 Å². The number of ether oxygens (including phenoxy) is 2. The molecule has 1 aliphatic heterocycles. The fraction of sp³-hybridized carbons (Fsp3) is 0.800. The first-order chi connectivity index (χ1) is 10.7. The molecule has 0 radical (unpaired) electrons. The van der Waals surface area contributed by atoms with Gasteiger partial charge in [-0.3, -0.25) is 4.79 Å². The zero-order valence-corrected chi connectivity index (χ0v) is 13.2. The molecule has 1 saturated heterocycles. The molecule has 1 aromatic rings. The van der Waals surface area contributed by atoms with E-state index in [2.05, 4.69) is 10.1 Å². The van der Waals surface area contributed by atoms with Crippen LogP contribution >= 0.6 is 0 Å². The van der Waals surface area contributed by atoms with E-state index >= 15 is 0 Å². The minimum atomic E-state index is -0.481. The molecule has 1 amide bonds. The molecule has 7 nitrogen and oxygen atoms in total. The van der Waals surface area contributed by atoms with E-state index in [0.29, 0.717) is 25.0 Å². The summed E-state index contributed by atoms with van der Waals surface area (Å²) in [5, 5.41) is 4.09. The molecule has 3 rings (SSSR count). The summed E-state index contributed by atoms with van der Waals surface area (Å²) in [6, 6.07) is -0.0859. The van der Waals surface area contributed by atoms with Crippen LogP contribution in [0.3, 0.4) is 0 Å². The van der Waals surface area contributed by atoms with E-state index in [1.54, 1.807) is 14.0 Å². The van der Waals surface area contributed by atoms with Crippen molar-refractivity contribution in [3.05, 3.63) is 11.7 Å². The molecule has 0 unspecified atom stereocenters. The Morgan fingerprint density at radius 1 is 1.41 bits per heavy atom. The van der Waals surface area contributed by atoms with Crippen LogP contribution in [0.5, 0.6) is 0 Å². The number of rotatable bonds is 7. The number of methoxy groups -OCH3 is 1. The number of aromatic nitrogens is 2. The third-order valence-electron chi connectivity index (χ3n) is 4.22. The van der Waals surface area contributed by atoms with Crippen molar-refractivity contribution in [2.24, 2.45) is 0 Å². The molecule has 122 valence electrons. The van der Waals surface area contributed by atoms with Gasteiger partial charge >= 0.3 is 0 Å². The van der Waals surface area contributed by atoms with Crippen molar-refractivity contribution in [3.8, 4) is 0 Å². The lowest BCUT2D eigenvalue weighted by Gasteiger charge is -2.25. The van der Waals surface area contributed by atoms with Crippen molar-refractivity contribution in [1.29, 1.82) is 0 Å². The summed E-state index contributed by atoms with van der Waals surface area (Å²) in [4.78, 5) is 18.9. The molecule has 2 heterocycles. The summed E-state index contributed by atoms with van der Waals surface area (Å²) in [5.74, 6) is 1.77. The van der Waals surface area contributed by atoms with Gasteiger partial charge in [0.25, 0.3) is 5.91 Å². The van der Waals surface area contributed by atoms with Gasteiger partial charge in [-0.25, -0.2) is 0 Å². The Bertz CT molecular complexity index is 515. The molecule has 1 aromatic heterocycles. The smallest absolute Gasteiger partial charge is 0.252 e. The number of carbonyl (C=O) groups is 1. The SMILES string of the molecule is COCCO[C@@H](C)C(=O)N1CCC[C@@H]1c1noc(C2CC2)n1. The Labute approximate surface area is 129 Å². The van der Waals surface area contributed by atoms with E-state index < -0.39 is 6.10 Å². The van der Waals surface area contributed by atoms with Crippen LogP contribution in [0.4, 0.5) is 0 Å². The minimum absolute atomic E-state index is 0.0172. The number of likely N-dealkylation sites (tertiary alicyclic amines) is 1. The zero-order valence-electron chi connectivity index (χ0n) is 13.2. The highest BCUT2D eigenvalue weighted by Crippen LogP contribution is 2.40. The van der Waals surface area contributed by atoms with Crippen LogP contribution in [-0.4, -0.2) is 53.9 Å². The summed E-state index contributed by atoms with van der Waals surface area (Å²) in [5.41, 5.74) is 0. The number of nitrogens with zero attached hydrogens (tertiary/aromatic N) is 3. The van der Waals surface area contributed by atoms with E-state index in [1.165, 1.54) is 0 Å². The Morgan fingerprint density at radius 3 is 2.95 bits per heavy atom. The third kappa shape index (κ3) is 3.30. The third-order valence-corrected chi connectivity index (χ3v) is 4.22. The summed E-state index contributed by atoms with van der Waals surface area (Å²) in [6.07, 6.45) is 3.60. The highest BCUT2D eigenvalue weighted by Gasteiger charge is 2.37. The molecule has 0 spiro atoms. The van der Waals surface area contributed by atoms with Gasteiger partial charge in [-0.1, -0.05) is 5.16 Å². The molecular weight excluding hydrogens is 286 g/mol. The summed E-state index contributed by atoms with van der Waals surface area (Å²) in [7, 11) is 1.61. The second-order valence-corrected chi connectivity index (χ2v) is 5.96. The lowest BCUT2D eigenvalue weighted by molar-refractivity contribution is -0.144. The monoisotopic (exact) mass is 309 g/mol. The molecule has 7 heteroatoms. The van der Waals surface area contributed by atoms with Gasteiger partial charge in [-0.05, 0) is 32.6 Å². The fourth-order valence-electron chi connectivity index (χ4n) is 2.79. The van der Waals surface area contributed by atoms with Crippen LogP contribution in [0, 0.1) is 0 Å². The summed E-state index contributed by atoms with van der Waals surface area (Å²) < 4.78 is 15.8. The number of hydrogen-bond acceptors (Lipinski definition) is 6. The first-order valence-corrected chi connectivity index (χ1v) is 7.95. The number of amides is 1. The van der Waals surface area contributed by atoms with Gasteiger partial charge in [0.2, 0.25) is 5.89 Å².